The highest BCUT2D eigenvalue weighted by Gasteiger charge is 2.07. The fraction of sp³-hybridized carbons (Fsp3) is 0.455. The van der Waals surface area contributed by atoms with Gasteiger partial charge in [0, 0.05) is 0 Å². The number of hydrogen-bond acceptors (Lipinski definition) is 4. The molecule has 0 bridgehead atoms. The van der Waals surface area contributed by atoms with Crippen molar-refractivity contribution in [3.63, 3.8) is 0 Å². The summed E-state index contributed by atoms with van der Waals surface area (Å²) in [5.41, 5.74) is 1.02. The van der Waals surface area contributed by atoms with E-state index in [1.165, 1.54) is 0 Å². The average molecular weight is 212 g/mol. The fourth-order valence-corrected chi connectivity index (χ4v) is 1.10. The number of benzene rings is 1. The predicted octanol–water partition coefficient (Wildman–Crippen LogP) is 0.530. The maximum Gasteiger partial charge on any atom is 0.181 e. The van der Waals surface area contributed by atoms with Crippen LogP contribution in [0.4, 0.5) is 0 Å². The van der Waals surface area contributed by atoms with Crippen LogP contribution in [0.2, 0.25) is 0 Å². The van der Waals surface area contributed by atoms with E-state index in [1.807, 2.05) is 30.3 Å². The topological polar surface area (TPSA) is 58.9 Å². The molecule has 1 atom stereocenters. The molecule has 0 fully saturated rings. The zero-order valence-corrected chi connectivity index (χ0v) is 8.50. The quantitative estimate of drug-likeness (QED) is 0.647. The molecule has 0 saturated heterocycles. The van der Waals surface area contributed by atoms with Crippen molar-refractivity contribution in [3.8, 4) is 0 Å². The first-order chi connectivity index (χ1) is 7.36. The maximum absolute atomic E-state index is 8.90. The van der Waals surface area contributed by atoms with E-state index >= 15 is 0 Å². The third-order valence-corrected chi connectivity index (χ3v) is 1.82. The number of hydrogen-bond donors (Lipinski definition) is 2. The van der Waals surface area contributed by atoms with Crippen LogP contribution in [-0.2, 0) is 16.1 Å². The highest BCUT2D eigenvalue weighted by Crippen LogP contribution is 2.03. The molecular weight excluding hydrogens is 196 g/mol. The summed E-state index contributed by atoms with van der Waals surface area (Å²) >= 11 is 0. The second kappa shape index (κ2) is 7.36. The Kier molecular flexibility index (Phi) is 5.96. The second-order valence-corrected chi connectivity index (χ2v) is 3.00. The van der Waals surface area contributed by atoms with E-state index < -0.39 is 6.29 Å². The van der Waals surface area contributed by atoms with Crippen LogP contribution in [0.15, 0.2) is 30.3 Å². The van der Waals surface area contributed by atoms with Gasteiger partial charge in [0.2, 0.25) is 0 Å². The van der Waals surface area contributed by atoms with Crippen LogP contribution >= 0.6 is 0 Å². The normalized spacial score (nSPS) is 12.7. The molecule has 0 aliphatic heterocycles. The Bertz CT molecular complexity index is 250. The van der Waals surface area contributed by atoms with Gasteiger partial charge in [-0.3, -0.25) is 0 Å². The molecule has 1 aromatic rings. The molecule has 0 aliphatic carbocycles. The van der Waals surface area contributed by atoms with Gasteiger partial charge in [-0.1, -0.05) is 30.3 Å². The van der Waals surface area contributed by atoms with Crippen molar-refractivity contribution in [2.45, 2.75) is 12.9 Å². The zero-order valence-electron chi connectivity index (χ0n) is 8.50. The molecule has 1 rings (SSSR count). The van der Waals surface area contributed by atoms with Crippen LogP contribution in [0, 0.1) is 0 Å². The largest absolute Gasteiger partial charge is 0.394 e. The molecule has 0 amide bonds. The summed E-state index contributed by atoms with van der Waals surface area (Å²) in [6, 6.07) is 9.62. The van der Waals surface area contributed by atoms with Gasteiger partial charge in [0.1, 0.15) is 0 Å². The van der Waals surface area contributed by atoms with Gasteiger partial charge in [-0.25, -0.2) is 0 Å². The second-order valence-electron chi connectivity index (χ2n) is 3.00. The van der Waals surface area contributed by atoms with Crippen molar-refractivity contribution < 1.29 is 19.7 Å². The molecule has 15 heavy (non-hydrogen) atoms. The minimum atomic E-state index is -0.669. The SMILES string of the molecule is OCCO[C@@H](CO)OCc1ccccc1. The Morgan fingerprint density at radius 1 is 1.07 bits per heavy atom. The lowest BCUT2D eigenvalue weighted by Gasteiger charge is -2.15. The van der Waals surface area contributed by atoms with Crippen LogP contribution in [0.5, 0.6) is 0 Å². The highest BCUT2D eigenvalue weighted by atomic mass is 16.7. The molecule has 4 heteroatoms. The smallest absolute Gasteiger partial charge is 0.181 e. The summed E-state index contributed by atoms with van der Waals surface area (Å²) in [6.07, 6.45) is -0.669. The molecule has 0 unspecified atom stereocenters. The first kappa shape index (κ1) is 12.1. The van der Waals surface area contributed by atoms with E-state index in [-0.39, 0.29) is 19.8 Å². The average Bonchev–Trinajstić information content (AvgIpc) is 2.31. The van der Waals surface area contributed by atoms with Gasteiger partial charge in [0.05, 0.1) is 26.4 Å². The summed E-state index contributed by atoms with van der Waals surface area (Å²) in [6.45, 7) is 0.259. The summed E-state index contributed by atoms with van der Waals surface area (Å²) in [4.78, 5) is 0. The number of rotatable bonds is 7. The summed E-state index contributed by atoms with van der Waals surface area (Å²) < 4.78 is 10.3. The minimum absolute atomic E-state index is 0.0782. The van der Waals surface area contributed by atoms with Crippen molar-refractivity contribution in [1.82, 2.24) is 0 Å². The Balaban J connectivity index is 2.28. The summed E-state index contributed by atoms with van der Waals surface area (Å²) in [5, 5.41) is 17.4. The molecular formula is C11H16O4. The zero-order chi connectivity index (χ0) is 10.9. The number of ether oxygens (including phenoxy) is 2. The first-order valence-electron chi connectivity index (χ1n) is 4.85. The lowest BCUT2D eigenvalue weighted by molar-refractivity contribution is -0.173. The Morgan fingerprint density at radius 2 is 1.80 bits per heavy atom. The standard InChI is InChI=1S/C11H16O4/c12-6-7-14-11(8-13)15-9-10-4-2-1-3-5-10/h1-5,11-13H,6-9H2/t11-/m1/s1. The lowest BCUT2D eigenvalue weighted by atomic mass is 10.2. The summed E-state index contributed by atoms with van der Waals surface area (Å²) in [5.74, 6) is 0. The Labute approximate surface area is 89.1 Å². The van der Waals surface area contributed by atoms with Gasteiger partial charge in [0.25, 0.3) is 0 Å². The lowest BCUT2D eigenvalue weighted by Crippen LogP contribution is -2.23. The highest BCUT2D eigenvalue weighted by molar-refractivity contribution is 5.13. The van der Waals surface area contributed by atoms with Crippen molar-refractivity contribution in [2.24, 2.45) is 0 Å². The van der Waals surface area contributed by atoms with Crippen molar-refractivity contribution in [3.05, 3.63) is 35.9 Å². The van der Waals surface area contributed by atoms with Crippen LogP contribution in [0.25, 0.3) is 0 Å². The van der Waals surface area contributed by atoms with Crippen molar-refractivity contribution in [1.29, 1.82) is 0 Å². The molecule has 2 N–H and O–H groups in total. The van der Waals surface area contributed by atoms with E-state index in [4.69, 9.17) is 19.7 Å². The van der Waals surface area contributed by atoms with E-state index in [0.717, 1.165) is 5.56 Å². The van der Waals surface area contributed by atoms with Crippen LogP contribution in [0.1, 0.15) is 5.56 Å². The van der Waals surface area contributed by atoms with Gasteiger partial charge in [-0.2, -0.15) is 0 Å². The molecule has 0 spiro atoms. The van der Waals surface area contributed by atoms with E-state index in [0.29, 0.717) is 6.61 Å². The van der Waals surface area contributed by atoms with Crippen LogP contribution < -0.4 is 0 Å². The monoisotopic (exact) mass is 212 g/mol. The molecule has 1 aromatic carbocycles. The summed E-state index contributed by atoms with van der Waals surface area (Å²) in [7, 11) is 0. The van der Waals surface area contributed by atoms with Gasteiger partial charge >= 0.3 is 0 Å². The van der Waals surface area contributed by atoms with Gasteiger partial charge in [0.15, 0.2) is 6.29 Å². The third kappa shape index (κ3) is 4.90. The van der Waals surface area contributed by atoms with E-state index in [9.17, 15) is 0 Å². The first-order valence-corrected chi connectivity index (χ1v) is 4.85. The molecule has 0 aliphatic rings. The number of aliphatic hydroxyl groups excluding tert-OH is 2. The van der Waals surface area contributed by atoms with E-state index in [2.05, 4.69) is 0 Å². The Morgan fingerprint density at radius 3 is 2.40 bits per heavy atom. The maximum atomic E-state index is 8.90. The molecule has 0 saturated carbocycles. The van der Waals surface area contributed by atoms with Crippen LogP contribution in [-0.4, -0.2) is 36.3 Å². The van der Waals surface area contributed by atoms with Gasteiger partial charge < -0.3 is 19.7 Å². The molecule has 4 nitrogen and oxygen atoms in total. The minimum Gasteiger partial charge on any atom is -0.394 e. The third-order valence-electron chi connectivity index (χ3n) is 1.82. The van der Waals surface area contributed by atoms with Crippen molar-refractivity contribution >= 4 is 0 Å². The Hall–Kier alpha value is -0.940. The molecule has 0 radical (unpaired) electrons. The molecule has 0 aromatic heterocycles. The predicted molar refractivity (Wildman–Crippen MR) is 55.1 cm³/mol. The fourth-order valence-electron chi connectivity index (χ4n) is 1.10. The number of aliphatic hydroxyl groups is 2. The van der Waals surface area contributed by atoms with Crippen molar-refractivity contribution in [2.75, 3.05) is 19.8 Å². The van der Waals surface area contributed by atoms with Gasteiger partial charge in [-0.05, 0) is 5.56 Å². The van der Waals surface area contributed by atoms with Gasteiger partial charge in [-0.15, -0.1) is 0 Å². The molecule has 84 valence electrons. The van der Waals surface area contributed by atoms with Crippen LogP contribution in [0.3, 0.4) is 0 Å². The van der Waals surface area contributed by atoms with E-state index in [1.54, 1.807) is 0 Å². The molecule has 0 heterocycles.